The summed E-state index contributed by atoms with van der Waals surface area (Å²) in [6.07, 6.45) is 2.04. The van der Waals surface area contributed by atoms with E-state index < -0.39 is 10.0 Å². The molecule has 0 radical (unpaired) electrons. The van der Waals surface area contributed by atoms with Crippen molar-refractivity contribution in [2.45, 2.75) is 32.2 Å². The van der Waals surface area contributed by atoms with Crippen molar-refractivity contribution in [2.75, 3.05) is 37.2 Å². The van der Waals surface area contributed by atoms with Gasteiger partial charge in [0.2, 0.25) is 10.0 Å². The van der Waals surface area contributed by atoms with Crippen LogP contribution in [0, 0.1) is 6.92 Å². The average molecular weight is 496 g/mol. The van der Waals surface area contributed by atoms with Crippen LogP contribution in [0.4, 0.5) is 10.5 Å². The number of para-hydroxylation sites is 1. The molecule has 4 rings (SSSR count). The van der Waals surface area contributed by atoms with Crippen molar-refractivity contribution in [2.24, 2.45) is 0 Å². The summed E-state index contributed by atoms with van der Waals surface area (Å²) in [4.78, 5) is 19.2. The molecule has 0 unspecified atom stereocenters. The van der Waals surface area contributed by atoms with Crippen LogP contribution in [-0.2, 0) is 16.4 Å². The first-order valence-corrected chi connectivity index (χ1v) is 13.7. The number of urea groups is 1. The third kappa shape index (κ3) is 7.48. The second-order valence-corrected chi connectivity index (χ2v) is 10.9. The first kappa shape index (κ1) is 25.1. The molecule has 0 saturated carbocycles. The Morgan fingerprint density at radius 1 is 1.06 bits per heavy atom. The highest BCUT2D eigenvalue weighted by molar-refractivity contribution is 7.89. The van der Waals surface area contributed by atoms with Gasteiger partial charge in [0.05, 0.1) is 17.0 Å². The third-order valence-electron chi connectivity index (χ3n) is 6.24. The highest BCUT2D eigenvalue weighted by Crippen LogP contribution is 2.22. The van der Waals surface area contributed by atoms with E-state index in [2.05, 4.69) is 25.2 Å². The van der Waals surface area contributed by atoms with Crippen molar-refractivity contribution >= 4 is 32.6 Å². The number of aromatic nitrogens is 1. The largest absolute Gasteiger partial charge is 0.337 e. The van der Waals surface area contributed by atoms with Gasteiger partial charge >= 0.3 is 6.03 Å². The molecule has 0 bridgehead atoms. The van der Waals surface area contributed by atoms with Crippen LogP contribution in [0.5, 0.6) is 0 Å². The topological polar surface area (TPSA) is 103 Å². The molecule has 2 amide bonds. The average Bonchev–Trinajstić information content (AvgIpc) is 2.84. The standard InChI is InChI=1S/C26H33N5O3S/c1-20-19-25(23-9-5-6-10-24(23)28-20)29-26(32)27-14-17-31-15-11-22(12-16-31)30-35(33,34)18-13-21-7-3-2-4-8-21/h2-10,19,22,30H,11-18H2,1H3,(H2,27,28,29,32). The minimum Gasteiger partial charge on any atom is -0.337 e. The lowest BCUT2D eigenvalue weighted by molar-refractivity contribution is 0.206. The van der Waals surface area contributed by atoms with Gasteiger partial charge in [0.1, 0.15) is 0 Å². The maximum Gasteiger partial charge on any atom is 0.319 e. The molecule has 1 aliphatic heterocycles. The lowest BCUT2D eigenvalue weighted by Gasteiger charge is -2.32. The summed E-state index contributed by atoms with van der Waals surface area (Å²) < 4.78 is 27.8. The molecule has 1 saturated heterocycles. The Hall–Kier alpha value is -3.01. The third-order valence-corrected chi connectivity index (χ3v) is 7.68. The number of carbonyl (C=O) groups is 1. The first-order valence-electron chi connectivity index (χ1n) is 12.1. The molecule has 3 N–H and O–H groups in total. The molecular formula is C26H33N5O3S. The molecule has 0 spiro atoms. The van der Waals surface area contributed by atoms with Gasteiger partial charge in [0.15, 0.2) is 0 Å². The summed E-state index contributed by atoms with van der Waals surface area (Å²) in [5.74, 6) is 0.0997. The Bertz CT molecular complexity index is 1240. The van der Waals surface area contributed by atoms with Crippen molar-refractivity contribution in [1.29, 1.82) is 0 Å². The van der Waals surface area contributed by atoms with E-state index in [9.17, 15) is 13.2 Å². The smallest absolute Gasteiger partial charge is 0.319 e. The van der Waals surface area contributed by atoms with Crippen LogP contribution < -0.4 is 15.4 Å². The van der Waals surface area contributed by atoms with E-state index in [-0.39, 0.29) is 17.8 Å². The summed E-state index contributed by atoms with van der Waals surface area (Å²) in [5.41, 5.74) is 3.46. The Balaban J connectivity index is 1.16. The maximum atomic E-state index is 12.5. The van der Waals surface area contributed by atoms with E-state index in [1.807, 2.05) is 67.6 Å². The normalized spacial score (nSPS) is 15.2. The number of hydrogen-bond donors (Lipinski definition) is 3. The van der Waals surface area contributed by atoms with Crippen molar-refractivity contribution < 1.29 is 13.2 Å². The summed E-state index contributed by atoms with van der Waals surface area (Å²) in [5, 5.41) is 6.76. The molecule has 35 heavy (non-hydrogen) atoms. The van der Waals surface area contributed by atoms with Crippen molar-refractivity contribution in [3.8, 4) is 0 Å². The second kappa shape index (κ2) is 11.6. The highest BCUT2D eigenvalue weighted by atomic mass is 32.2. The number of benzene rings is 2. The number of rotatable bonds is 9. The van der Waals surface area contributed by atoms with Crippen LogP contribution in [-0.4, -0.2) is 62.3 Å². The predicted molar refractivity (Wildman–Crippen MR) is 140 cm³/mol. The number of carbonyl (C=O) groups excluding carboxylic acids is 1. The number of fused-ring (bicyclic) bond motifs is 1. The Morgan fingerprint density at radius 3 is 2.54 bits per heavy atom. The van der Waals surface area contributed by atoms with E-state index >= 15 is 0 Å². The molecule has 8 nitrogen and oxygen atoms in total. The van der Waals surface area contributed by atoms with Crippen LogP contribution in [0.1, 0.15) is 24.1 Å². The summed E-state index contributed by atoms with van der Waals surface area (Å²) in [7, 11) is -3.31. The number of hydrogen-bond acceptors (Lipinski definition) is 5. The summed E-state index contributed by atoms with van der Waals surface area (Å²) in [6.45, 7) is 4.73. The zero-order chi connectivity index (χ0) is 24.7. The van der Waals surface area contributed by atoms with E-state index in [1.54, 1.807) is 0 Å². The molecule has 186 valence electrons. The van der Waals surface area contributed by atoms with Gasteiger partial charge in [0.25, 0.3) is 0 Å². The van der Waals surface area contributed by atoms with Crippen LogP contribution >= 0.6 is 0 Å². The zero-order valence-corrected chi connectivity index (χ0v) is 20.9. The van der Waals surface area contributed by atoms with Gasteiger partial charge in [-0.2, -0.15) is 0 Å². The fraction of sp³-hybridized carbons (Fsp3) is 0.385. The molecule has 0 aliphatic carbocycles. The molecular weight excluding hydrogens is 462 g/mol. The predicted octanol–water partition coefficient (Wildman–Crippen LogP) is 3.29. The number of amides is 2. The van der Waals surface area contributed by atoms with Gasteiger partial charge in [-0.3, -0.25) is 4.98 Å². The van der Waals surface area contributed by atoms with Gasteiger partial charge < -0.3 is 15.5 Å². The fourth-order valence-electron chi connectivity index (χ4n) is 4.39. The second-order valence-electron chi connectivity index (χ2n) is 9.00. The first-order chi connectivity index (χ1) is 16.9. The number of nitrogens with zero attached hydrogens (tertiary/aromatic N) is 2. The molecule has 2 aromatic carbocycles. The van der Waals surface area contributed by atoms with E-state index in [1.165, 1.54) is 0 Å². The fourth-order valence-corrected chi connectivity index (χ4v) is 5.76. The van der Waals surface area contributed by atoms with Crippen LogP contribution in [0.25, 0.3) is 10.9 Å². The van der Waals surface area contributed by atoms with E-state index in [0.717, 1.165) is 60.3 Å². The van der Waals surface area contributed by atoms with Crippen molar-refractivity contribution in [1.82, 2.24) is 19.9 Å². The number of likely N-dealkylation sites (tertiary alicyclic amines) is 1. The van der Waals surface area contributed by atoms with Crippen LogP contribution in [0.3, 0.4) is 0 Å². The minimum absolute atomic E-state index is 0.0357. The lowest BCUT2D eigenvalue weighted by Crippen LogP contribution is -2.47. The SMILES string of the molecule is Cc1cc(NC(=O)NCCN2CCC(NS(=O)(=O)CCc3ccccc3)CC2)c2ccccc2n1. The number of pyridine rings is 1. The van der Waals surface area contributed by atoms with Crippen molar-refractivity contribution in [3.63, 3.8) is 0 Å². The van der Waals surface area contributed by atoms with Gasteiger partial charge in [-0.1, -0.05) is 48.5 Å². The van der Waals surface area contributed by atoms with Gasteiger partial charge in [-0.15, -0.1) is 0 Å². The molecule has 1 aromatic heterocycles. The summed E-state index contributed by atoms with van der Waals surface area (Å²) >= 11 is 0. The lowest BCUT2D eigenvalue weighted by atomic mass is 10.1. The maximum absolute atomic E-state index is 12.5. The molecule has 9 heteroatoms. The van der Waals surface area contributed by atoms with Crippen molar-refractivity contribution in [3.05, 3.63) is 71.9 Å². The number of anilines is 1. The molecule has 0 atom stereocenters. The van der Waals surface area contributed by atoms with Gasteiger partial charge in [0, 0.05) is 30.2 Å². The van der Waals surface area contributed by atoms with E-state index in [0.29, 0.717) is 13.0 Å². The Labute approximate surface area is 207 Å². The molecule has 2 heterocycles. The number of aryl methyl sites for hydroxylation is 2. The highest BCUT2D eigenvalue weighted by Gasteiger charge is 2.23. The number of piperidine rings is 1. The van der Waals surface area contributed by atoms with E-state index in [4.69, 9.17) is 0 Å². The van der Waals surface area contributed by atoms with Crippen LogP contribution in [0.15, 0.2) is 60.7 Å². The van der Waals surface area contributed by atoms with Gasteiger partial charge in [-0.05, 0) is 57.0 Å². The number of sulfonamides is 1. The number of nitrogens with one attached hydrogen (secondary N) is 3. The summed E-state index contributed by atoms with van der Waals surface area (Å²) in [6, 6.07) is 19.0. The Kier molecular flexibility index (Phi) is 8.33. The molecule has 1 fully saturated rings. The molecule has 1 aliphatic rings. The Morgan fingerprint density at radius 2 is 1.77 bits per heavy atom. The minimum atomic E-state index is -3.31. The van der Waals surface area contributed by atoms with Gasteiger partial charge in [-0.25, -0.2) is 17.9 Å². The zero-order valence-electron chi connectivity index (χ0n) is 20.0. The quantitative estimate of drug-likeness (QED) is 0.423. The van der Waals surface area contributed by atoms with Crippen LogP contribution in [0.2, 0.25) is 0 Å². The monoisotopic (exact) mass is 495 g/mol. The molecule has 3 aromatic rings.